The molecule has 1 aromatic carbocycles. The van der Waals surface area contributed by atoms with E-state index in [9.17, 15) is 13.2 Å². The minimum Gasteiger partial charge on any atom is -0.360 e. The highest BCUT2D eigenvalue weighted by Gasteiger charge is 2.29. The number of hydrogen-bond donors (Lipinski definition) is 1. The Morgan fingerprint density at radius 3 is 2.40 bits per heavy atom. The van der Waals surface area contributed by atoms with Crippen molar-refractivity contribution in [1.29, 1.82) is 0 Å². The largest absolute Gasteiger partial charge is 0.416 e. The van der Waals surface area contributed by atoms with Gasteiger partial charge in [0.25, 0.3) is 0 Å². The highest BCUT2D eigenvalue weighted by Crippen LogP contribution is 2.29. The van der Waals surface area contributed by atoms with Crippen molar-refractivity contribution in [3.05, 3.63) is 40.4 Å². The average Bonchev–Trinajstić information content (AvgIpc) is 2.80. The van der Waals surface area contributed by atoms with E-state index in [4.69, 9.17) is 0 Å². The molecule has 2 rings (SSSR count). The number of aromatic nitrogens is 2. The number of rotatable bonds is 5. The molecule has 1 aromatic heterocycles. The summed E-state index contributed by atoms with van der Waals surface area (Å²) in [4.78, 5) is 0. The SMILES string of the molecule is Cc1nnc(NCCCc2ccc(C(F)(F)F)cc2)s1. The van der Waals surface area contributed by atoms with Gasteiger partial charge in [0.2, 0.25) is 5.13 Å². The number of nitrogens with zero attached hydrogens (tertiary/aromatic N) is 2. The Morgan fingerprint density at radius 1 is 1.15 bits per heavy atom. The van der Waals surface area contributed by atoms with E-state index >= 15 is 0 Å². The first kappa shape index (κ1) is 14.8. The van der Waals surface area contributed by atoms with Crippen LogP contribution in [0.4, 0.5) is 18.3 Å². The smallest absolute Gasteiger partial charge is 0.360 e. The minimum atomic E-state index is -4.27. The van der Waals surface area contributed by atoms with Crippen molar-refractivity contribution in [2.45, 2.75) is 25.9 Å². The highest BCUT2D eigenvalue weighted by molar-refractivity contribution is 7.15. The molecule has 0 radical (unpaired) electrons. The van der Waals surface area contributed by atoms with Crippen LogP contribution >= 0.6 is 11.3 Å². The third-order valence-corrected chi connectivity index (χ3v) is 3.52. The van der Waals surface area contributed by atoms with Gasteiger partial charge in [-0.1, -0.05) is 23.5 Å². The maximum atomic E-state index is 12.4. The van der Waals surface area contributed by atoms with Crippen LogP contribution in [0.1, 0.15) is 22.6 Å². The Labute approximate surface area is 118 Å². The average molecular weight is 301 g/mol. The molecule has 3 nitrogen and oxygen atoms in total. The van der Waals surface area contributed by atoms with Crippen molar-refractivity contribution in [2.75, 3.05) is 11.9 Å². The van der Waals surface area contributed by atoms with Crippen LogP contribution in [0.3, 0.4) is 0 Å². The number of benzene rings is 1. The Kier molecular flexibility index (Phi) is 4.59. The van der Waals surface area contributed by atoms with E-state index in [2.05, 4.69) is 15.5 Å². The molecule has 0 aliphatic rings. The second kappa shape index (κ2) is 6.21. The molecular formula is C13H14F3N3S. The van der Waals surface area contributed by atoms with Crippen LogP contribution in [0.15, 0.2) is 24.3 Å². The Balaban J connectivity index is 1.77. The molecule has 0 unspecified atom stereocenters. The van der Waals surface area contributed by atoms with Crippen molar-refractivity contribution in [2.24, 2.45) is 0 Å². The van der Waals surface area contributed by atoms with Crippen LogP contribution in [-0.4, -0.2) is 16.7 Å². The summed E-state index contributed by atoms with van der Waals surface area (Å²) in [6, 6.07) is 5.30. The van der Waals surface area contributed by atoms with Gasteiger partial charge in [-0.2, -0.15) is 13.2 Å². The lowest BCUT2D eigenvalue weighted by molar-refractivity contribution is -0.137. The topological polar surface area (TPSA) is 37.8 Å². The summed E-state index contributed by atoms with van der Waals surface area (Å²) in [7, 11) is 0. The summed E-state index contributed by atoms with van der Waals surface area (Å²) < 4.78 is 37.2. The first-order valence-corrected chi connectivity index (χ1v) is 6.97. The van der Waals surface area contributed by atoms with Gasteiger partial charge >= 0.3 is 6.18 Å². The highest BCUT2D eigenvalue weighted by atomic mass is 32.1. The lowest BCUT2D eigenvalue weighted by atomic mass is 10.1. The van der Waals surface area contributed by atoms with Crippen LogP contribution < -0.4 is 5.32 Å². The maximum absolute atomic E-state index is 12.4. The third-order valence-electron chi connectivity index (χ3n) is 2.73. The lowest BCUT2D eigenvalue weighted by Crippen LogP contribution is -2.05. The molecular weight excluding hydrogens is 287 g/mol. The van der Waals surface area contributed by atoms with Gasteiger partial charge < -0.3 is 5.32 Å². The number of halogens is 3. The molecule has 0 aliphatic heterocycles. The zero-order valence-electron chi connectivity index (χ0n) is 10.9. The van der Waals surface area contributed by atoms with E-state index in [1.807, 2.05) is 6.92 Å². The second-order valence-electron chi connectivity index (χ2n) is 4.35. The quantitative estimate of drug-likeness (QED) is 0.851. The zero-order chi connectivity index (χ0) is 14.6. The molecule has 108 valence electrons. The monoisotopic (exact) mass is 301 g/mol. The number of aryl methyl sites for hydroxylation is 2. The minimum absolute atomic E-state index is 0.608. The fourth-order valence-corrected chi connectivity index (χ4v) is 2.33. The predicted octanol–water partition coefficient (Wildman–Crippen LogP) is 3.91. The van der Waals surface area contributed by atoms with E-state index in [0.29, 0.717) is 0 Å². The normalized spacial score (nSPS) is 11.6. The molecule has 0 saturated carbocycles. The first-order chi connectivity index (χ1) is 9.45. The third kappa shape index (κ3) is 4.19. The van der Waals surface area contributed by atoms with Gasteiger partial charge in [-0.15, -0.1) is 10.2 Å². The maximum Gasteiger partial charge on any atom is 0.416 e. The first-order valence-electron chi connectivity index (χ1n) is 6.15. The fourth-order valence-electron chi connectivity index (χ4n) is 1.72. The molecule has 1 N–H and O–H groups in total. The van der Waals surface area contributed by atoms with Gasteiger partial charge in [-0.25, -0.2) is 0 Å². The number of anilines is 1. The Bertz CT molecular complexity index is 549. The van der Waals surface area contributed by atoms with E-state index in [-0.39, 0.29) is 0 Å². The molecule has 1 heterocycles. The summed E-state index contributed by atoms with van der Waals surface area (Å²) in [6.07, 6.45) is -2.72. The molecule has 0 aliphatic carbocycles. The van der Waals surface area contributed by atoms with Crippen LogP contribution in [0.2, 0.25) is 0 Å². The van der Waals surface area contributed by atoms with Gasteiger partial charge in [-0.05, 0) is 37.5 Å². The van der Waals surface area contributed by atoms with Gasteiger partial charge in [-0.3, -0.25) is 0 Å². The standard InChI is InChI=1S/C13H14F3N3S/c1-9-18-19-12(20-9)17-8-2-3-10-4-6-11(7-5-10)13(14,15)16/h4-7H,2-3,8H2,1H3,(H,17,19). The van der Waals surface area contributed by atoms with Crippen LogP contribution in [0.5, 0.6) is 0 Å². The van der Waals surface area contributed by atoms with Crippen molar-refractivity contribution >= 4 is 16.5 Å². The molecule has 0 spiro atoms. The lowest BCUT2D eigenvalue weighted by Gasteiger charge is -2.07. The van der Waals surface area contributed by atoms with Gasteiger partial charge in [0.05, 0.1) is 5.56 Å². The van der Waals surface area contributed by atoms with Crippen LogP contribution in [0.25, 0.3) is 0 Å². The molecule has 0 atom stereocenters. The van der Waals surface area contributed by atoms with Gasteiger partial charge in [0.15, 0.2) is 0 Å². The van der Waals surface area contributed by atoms with Crippen molar-refractivity contribution < 1.29 is 13.2 Å². The predicted molar refractivity (Wildman–Crippen MR) is 72.9 cm³/mol. The molecule has 20 heavy (non-hydrogen) atoms. The van der Waals surface area contributed by atoms with E-state index in [1.54, 1.807) is 0 Å². The van der Waals surface area contributed by atoms with Gasteiger partial charge in [0.1, 0.15) is 5.01 Å². The summed E-state index contributed by atoms with van der Waals surface area (Å²) >= 11 is 1.48. The number of alkyl halides is 3. The fraction of sp³-hybridized carbons (Fsp3) is 0.385. The summed E-state index contributed by atoms with van der Waals surface area (Å²) in [5, 5.41) is 12.6. The van der Waals surface area contributed by atoms with E-state index in [1.165, 1.54) is 23.5 Å². The van der Waals surface area contributed by atoms with Crippen molar-refractivity contribution in [3.8, 4) is 0 Å². The molecule has 0 saturated heterocycles. The molecule has 0 bridgehead atoms. The zero-order valence-corrected chi connectivity index (χ0v) is 11.7. The molecule has 7 heteroatoms. The van der Waals surface area contributed by atoms with Crippen molar-refractivity contribution in [1.82, 2.24) is 10.2 Å². The number of hydrogen-bond acceptors (Lipinski definition) is 4. The Morgan fingerprint density at radius 2 is 1.85 bits per heavy atom. The summed E-state index contributed by atoms with van der Waals surface area (Å²) in [5.41, 5.74) is 0.289. The van der Waals surface area contributed by atoms with Crippen LogP contribution in [-0.2, 0) is 12.6 Å². The molecule has 0 fully saturated rings. The van der Waals surface area contributed by atoms with E-state index in [0.717, 1.165) is 47.2 Å². The summed E-state index contributed by atoms with van der Waals surface area (Å²) in [6.45, 7) is 2.60. The summed E-state index contributed by atoms with van der Waals surface area (Å²) in [5.74, 6) is 0. The van der Waals surface area contributed by atoms with Crippen molar-refractivity contribution in [3.63, 3.8) is 0 Å². The van der Waals surface area contributed by atoms with Gasteiger partial charge in [0, 0.05) is 6.54 Å². The second-order valence-corrected chi connectivity index (χ2v) is 5.53. The molecule has 0 amide bonds. The number of nitrogens with one attached hydrogen (secondary N) is 1. The van der Waals surface area contributed by atoms with Crippen LogP contribution in [0, 0.1) is 6.92 Å². The van der Waals surface area contributed by atoms with E-state index < -0.39 is 11.7 Å². The molecule has 2 aromatic rings. The Hall–Kier alpha value is -1.63.